The molecule has 3 rings (SSSR count). The van der Waals surface area contributed by atoms with Gasteiger partial charge < -0.3 is 4.42 Å². The lowest BCUT2D eigenvalue weighted by molar-refractivity contribution is 0.568. The van der Waals surface area contributed by atoms with Gasteiger partial charge in [-0.05, 0) is 26.0 Å². The molecule has 0 N–H and O–H groups in total. The molecule has 0 unspecified atom stereocenters. The van der Waals surface area contributed by atoms with Gasteiger partial charge in [0.1, 0.15) is 0 Å². The molecule has 0 radical (unpaired) electrons. The van der Waals surface area contributed by atoms with E-state index in [0.717, 1.165) is 28.2 Å². The number of aromatic nitrogens is 3. The van der Waals surface area contributed by atoms with Crippen molar-refractivity contribution in [2.75, 3.05) is 0 Å². The van der Waals surface area contributed by atoms with Crippen molar-refractivity contribution in [3.05, 3.63) is 42.1 Å². The van der Waals surface area contributed by atoms with Crippen molar-refractivity contribution >= 4 is 5.65 Å². The smallest absolute Gasteiger partial charge is 0.158 e. The number of hydrogen-bond donors (Lipinski definition) is 0. The molecule has 0 aromatic carbocycles. The van der Waals surface area contributed by atoms with Crippen molar-refractivity contribution < 1.29 is 4.42 Å². The van der Waals surface area contributed by atoms with Crippen LogP contribution in [0.15, 0.2) is 35.3 Å². The molecular formula is C12H11N3O. The minimum absolute atomic E-state index is 0.899. The highest BCUT2D eigenvalue weighted by atomic mass is 16.3. The molecule has 3 aromatic rings. The maximum absolute atomic E-state index is 5.07. The second-order valence-electron chi connectivity index (χ2n) is 3.86. The fraction of sp³-hybridized carbons (Fsp3) is 0.167. The number of hydrogen-bond acceptors (Lipinski definition) is 3. The van der Waals surface area contributed by atoms with Crippen LogP contribution in [0.4, 0.5) is 0 Å². The van der Waals surface area contributed by atoms with E-state index in [4.69, 9.17) is 4.42 Å². The van der Waals surface area contributed by atoms with Crippen molar-refractivity contribution in [3.8, 4) is 11.3 Å². The lowest BCUT2D eigenvalue weighted by atomic mass is 10.2. The third-order valence-corrected chi connectivity index (χ3v) is 2.64. The number of rotatable bonds is 1. The lowest BCUT2D eigenvalue weighted by Crippen LogP contribution is -1.97. The molecule has 0 aliphatic carbocycles. The van der Waals surface area contributed by atoms with Gasteiger partial charge in [-0.1, -0.05) is 0 Å². The van der Waals surface area contributed by atoms with Gasteiger partial charge in [0.15, 0.2) is 5.65 Å². The summed E-state index contributed by atoms with van der Waals surface area (Å²) in [6.07, 6.45) is 5.18. The highest BCUT2D eigenvalue weighted by Gasteiger charge is 2.08. The summed E-state index contributed by atoms with van der Waals surface area (Å²) in [5, 5.41) is 4.27. The van der Waals surface area contributed by atoms with E-state index in [0.29, 0.717) is 0 Å². The van der Waals surface area contributed by atoms with Crippen LogP contribution < -0.4 is 0 Å². The van der Waals surface area contributed by atoms with E-state index in [2.05, 4.69) is 10.1 Å². The van der Waals surface area contributed by atoms with E-state index in [1.54, 1.807) is 12.5 Å². The first-order chi connectivity index (χ1) is 7.75. The fourth-order valence-electron chi connectivity index (χ4n) is 1.78. The van der Waals surface area contributed by atoms with Crippen molar-refractivity contribution in [2.24, 2.45) is 0 Å². The summed E-state index contributed by atoms with van der Waals surface area (Å²) >= 11 is 0. The summed E-state index contributed by atoms with van der Waals surface area (Å²) in [5.74, 6) is 0. The van der Waals surface area contributed by atoms with E-state index < -0.39 is 0 Å². The predicted molar refractivity (Wildman–Crippen MR) is 60.2 cm³/mol. The van der Waals surface area contributed by atoms with Gasteiger partial charge in [0, 0.05) is 16.8 Å². The van der Waals surface area contributed by atoms with Gasteiger partial charge in [0.05, 0.1) is 24.4 Å². The molecule has 0 amide bonds. The molecule has 0 saturated carbocycles. The van der Waals surface area contributed by atoms with Crippen LogP contribution in [0.5, 0.6) is 0 Å². The second-order valence-corrected chi connectivity index (χ2v) is 3.86. The van der Waals surface area contributed by atoms with Crippen molar-refractivity contribution in [3.63, 3.8) is 0 Å². The zero-order valence-corrected chi connectivity index (χ0v) is 9.14. The Morgan fingerprint density at radius 1 is 1.31 bits per heavy atom. The van der Waals surface area contributed by atoms with Crippen LogP contribution in [0.3, 0.4) is 0 Å². The molecule has 0 atom stereocenters. The zero-order chi connectivity index (χ0) is 11.1. The largest absolute Gasteiger partial charge is 0.472 e. The first-order valence-electron chi connectivity index (χ1n) is 5.10. The average molecular weight is 213 g/mol. The average Bonchev–Trinajstić information content (AvgIpc) is 2.88. The molecule has 0 bridgehead atoms. The Bertz CT molecular complexity index is 638. The topological polar surface area (TPSA) is 43.3 Å². The van der Waals surface area contributed by atoms with Crippen LogP contribution in [0.1, 0.15) is 11.3 Å². The Morgan fingerprint density at radius 3 is 2.94 bits per heavy atom. The van der Waals surface area contributed by atoms with Crippen molar-refractivity contribution in [2.45, 2.75) is 13.8 Å². The van der Waals surface area contributed by atoms with Crippen LogP contribution in [0, 0.1) is 13.8 Å². The first kappa shape index (κ1) is 9.15. The van der Waals surface area contributed by atoms with Gasteiger partial charge in [0.2, 0.25) is 0 Å². The van der Waals surface area contributed by atoms with E-state index in [1.807, 2.05) is 36.7 Å². The van der Waals surface area contributed by atoms with Gasteiger partial charge in [-0.15, -0.1) is 0 Å². The normalized spacial score (nSPS) is 11.1. The zero-order valence-electron chi connectivity index (χ0n) is 9.14. The standard InChI is InChI=1S/C12H11N3O/c1-8-6-13-15-9(2)5-11(14-12(8)15)10-3-4-16-7-10/h3-7H,1-2H3. The minimum Gasteiger partial charge on any atom is -0.472 e. The molecule has 16 heavy (non-hydrogen) atoms. The molecule has 4 nitrogen and oxygen atoms in total. The predicted octanol–water partition coefficient (Wildman–Crippen LogP) is 2.61. The van der Waals surface area contributed by atoms with Gasteiger partial charge in [0.25, 0.3) is 0 Å². The van der Waals surface area contributed by atoms with Gasteiger partial charge in [-0.2, -0.15) is 5.10 Å². The minimum atomic E-state index is 0.899. The molecule has 80 valence electrons. The lowest BCUT2D eigenvalue weighted by Gasteiger charge is -2.02. The Labute approximate surface area is 92.5 Å². The Hall–Kier alpha value is -2.10. The van der Waals surface area contributed by atoms with Crippen molar-refractivity contribution in [1.82, 2.24) is 14.6 Å². The molecule has 0 fully saturated rings. The third-order valence-electron chi connectivity index (χ3n) is 2.64. The molecule has 3 aromatic heterocycles. The van der Waals surface area contributed by atoms with E-state index in [-0.39, 0.29) is 0 Å². The molecule has 0 aliphatic rings. The molecule has 0 spiro atoms. The third kappa shape index (κ3) is 1.23. The summed E-state index contributed by atoms with van der Waals surface area (Å²) in [5.41, 5.74) is 4.95. The van der Waals surface area contributed by atoms with E-state index >= 15 is 0 Å². The number of furan rings is 1. The number of aryl methyl sites for hydroxylation is 2. The summed E-state index contributed by atoms with van der Waals surface area (Å²) < 4.78 is 6.92. The molecule has 4 heteroatoms. The second kappa shape index (κ2) is 3.20. The van der Waals surface area contributed by atoms with Gasteiger partial charge in [-0.25, -0.2) is 9.50 Å². The van der Waals surface area contributed by atoms with Crippen LogP contribution >= 0.6 is 0 Å². The molecule has 0 aliphatic heterocycles. The van der Waals surface area contributed by atoms with Crippen molar-refractivity contribution in [1.29, 1.82) is 0 Å². The monoisotopic (exact) mass is 213 g/mol. The Kier molecular flexibility index (Phi) is 1.83. The van der Waals surface area contributed by atoms with E-state index in [1.165, 1.54) is 0 Å². The van der Waals surface area contributed by atoms with Gasteiger partial charge >= 0.3 is 0 Å². The quantitative estimate of drug-likeness (QED) is 0.624. The molecule has 3 heterocycles. The summed E-state index contributed by atoms with van der Waals surface area (Å²) in [6, 6.07) is 3.91. The maximum Gasteiger partial charge on any atom is 0.158 e. The summed E-state index contributed by atoms with van der Waals surface area (Å²) in [7, 11) is 0. The van der Waals surface area contributed by atoms with Gasteiger partial charge in [-0.3, -0.25) is 0 Å². The molecule has 0 saturated heterocycles. The summed E-state index contributed by atoms with van der Waals surface area (Å²) in [6.45, 7) is 4.03. The maximum atomic E-state index is 5.07. The van der Waals surface area contributed by atoms with Crippen LogP contribution in [0.25, 0.3) is 16.9 Å². The number of nitrogens with zero attached hydrogens (tertiary/aromatic N) is 3. The van der Waals surface area contributed by atoms with Crippen LogP contribution in [0.2, 0.25) is 0 Å². The first-order valence-corrected chi connectivity index (χ1v) is 5.10. The highest BCUT2D eigenvalue weighted by Crippen LogP contribution is 2.20. The van der Waals surface area contributed by atoms with Crippen LogP contribution in [-0.4, -0.2) is 14.6 Å². The Morgan fingerprint density at radius 2 is 2.19 bits per heavy atom. The van der Waals surface area contributed by atoms with Crippen LogP contribution in [-0.2, 0) is 0 Å². The summed E-state index contributed by atoms with van der Waals surface area (Å²) in [4.78, 5) is 4.58. The number of fused-ring (bicyclic) bond motifs is 1. The fourth-order valence-corrected chi connectivity index (χ4v) is 1.78. The highest BCUT2D eigenvalue weighted by molar-refractivity contribution is 5.62. The molecular weight excluding hydrogens is 202 g/mol. The Balaban J connectivity index is 2.32. The SMILES string of the molecule is Cc1cnn2c(C)cc(-c3ccoc3)nc12. The van der Waals surface area contributed by atoms with E-state index in [9.17, 15) is 0 Å².